The summed E-state index contributed by atoms with van der Waals surface area (Å²) in [4.78, 5) is 39.9. The maximum atomic E-state index is 12.2. The molecule has 27 heavy (non-hydrogen) atoms. The summed E-state index contributed by atoms with van der Waals surface area (Å²) in [6.07, 6.45) is 6.54. The van der Waals surface area contributed by atoms with Gasteiger partial charge in [0.1, 0.15) is 5.82 Å². The van der Waals surface area contributed by atoms with E-state index in [0.29, 0.717) is 16.9 Å². The second kappa shape index (κ2) is 9.47. The van der Waals surface area contributed by atoms with Crippen molar-refractivity contribution < 1.29 is 24.2 Å². The Morgan fingerprint density at radius 3 is 2.33 bits per heavy atom. The predicted octanol–water partition coefficient (Wildman–Crippen LogP) is 2.01. The number of nitrogens with one attached hydrogen (secondary N) is 1. The van der Waals surface area contributed by atoms with Crippen LogP contribution in [0.25, 0.3) is 5.69 Å². The first-order valence-corrected chi connectivity index (χ1v) is 7.61. The average Bonchev–Trinajstić information content (AvgIpc) is 3.23. The summed E-state index contributed by atoms with van der Waals surface area (Å²) in [5.41, 5.74) is 1.72. The normalized spacial score (nSPS) is 9.52. The monoisotopic (exact) mass is 368 g/mol. The third-order valence-corrected chi connectivity index (χ3v) is 3.36. The van der Waals surface area contributed by atoms with Gasteiger partial charge in [-0.1, -0.05) is 0 Å². The lowest BCUT2D eigenvalue weighted by atomic mass is 10.2. The van der Waals surface area contributed by atoms with E-state index in [1.165, 1.54) is 19.4 Å². The van der Waals surface area contributed by atoms with Crippen molar-refractivity contribution in [3.05, 3.63) is 72.4 Å². The predicted molar refractivity (Wildman–Crippen MR) is 95.8 cm³/mol. The Morgan fingerprint density at radius 2 is 1.81 bits per heavy atom. The third kappa shape index (κ3) is 5.23. The first-order valence-electron chi connectivity index (χ1n) is 7.61. The molecular formula is C18H16N4O5. The summed E-state index contributed by atoms with van der Waals surface area (Å²) >= 11 is 0. The van der Waals surface area contributed by atoms with Crippen LogP contribution in [0, 0.1) is 0 Å². The van der Waals surface area contributed by atoms with Crippen LogP contribution in [0.1, 0.15) is 20.7 Å². The Balaban J connectivity index is 0.000000817. The molecule has 3 aromatic rings. The second-order valence-electron chi connectivity index (χ2n) is 5.00. The number of methoxy groups -OCH3 is 1. The van der Waals surface area contributed by atoms with E-state index in [-0.39, 0.29) is 12.4 Å². The first-order chi connectivity index (χ1) is 13.1. The molecule has 0 radical (unpaired) electrons. The molecule has 3 rings (SSSR count). The molecule has 0 spiro atoms. The topological polar surface area (TPSA) is 123 Å². The number of esters is 1. The number of aromatic nitrogens is 3. The number of carbonyl (C=O) groups is 3. The fourth-order valence-electron chi connectivity index (χ4n) is 2.09. The van der Waals surface area contributed by atoms with Crippen molar-refractivity contribution in [3.8, 4) is 5.69 Å². The van der Waals surface area contributed by atoms with Gasteiger partial charge in [-0.2, -0.15) is 0 Å². The van der Waals surface area contributed by atoms with Gasteiger partial charge in [-0.3, -0.25) is 9.59 Å². The molecule has 0 aliphatic heterocycles. The fraction of sp³-hybridized carbons (Fsp3) is 0.0556. The number of ether oxygens (including phenoxy) is 1. The summed E-state index contributed by atoms with van der Waals surface area (Å²) in [7, 11) is 1.30. The molecule has 0 aliphatic rings. The van der Waals surface area contributed by atoms with E-state index < -0.39 is 5.97 Å². The van der Waals surface area contributed by atoms with Crippen LogP contribution in [0.5, 0.6) is 0 Å². The van der Waals surface area contributed by atoms with Crippen LogP contribution < -0.4 is 5.32 Å². The van der Waals surface area contributed by atoms with Crippen molar-refractivity contribution in [2.45, 2.75) is 0 Å². The number of nitrogens with zero attached hydrogens (tertiary/aromatic N) is 3. The molecule has 2 heterocycles. The molecule has 9 heteroatoms. The van der Waals surface area contributed by atoms with Crippen molar-refractivity contribution >= 4 is 24.2 Å². The van der Waals surface area contributed by atoms with Crippen LogP contribution in [0.4, 0.5) is 5.82 Å². The minimum atomic E-state index is -0.476. The van der Waals surface area contributed by atoms with Gasteiger partial charge in [0.05, 0.1) is 19.0 Å². The van der Waals surface area contributed by atoms with E-state index in [1.54, 1.807) is 30.7 Å². The zero-order valence-corrected chi connectivity index (χ0v) is 14.3. The largest absolute Gasteiger partial charge is 0.483 e. The molecule has 0 aliphatic carbocycles. The number of imidazole rings is 1. The van der Waals surface area contributed by atoms with Crippen LogP contribution in [-0.2, 0) is 9.53 Å². The number of carboxylic acid groups (broad SMARTS) is 1. The molecule has 1 amide bonds. The Bertz CT molecular complexity index is 891. The van der Waals surface area contributed by atoms with Crippen molar-refractivity contribution in [2.24, 2.45) is 0 Å². The van der Waals surface area contributed by atoms with Crippen LogP contribution in [0.2, 0.25) is 0 Å². The number of benzene rings is 1. The van der Waals surface area contributed by atoms with Crippen LogP contribution in [0.15, 0.2) is 61.3 Å². The number of rotatable bonds is 4. The summed E-state index contributed by atoms with van der Waals surface area (Å²) in [6.45, 7) is -0.250. The van der Waals surface area contributed by atoms with E-state index >= 15 is 0 Å². The van der Waals surface area contributed by atoms with Gasteiger partial charge in [-0.25, -0.2) is 14.8 Å². The maximum absolute atomic E-state index is 12.2. The van der Waals surface area contributed by atoms with Gasteiger partial charge in [-0.15, -0.1) is 0 Å². The van der Waals surface area contributed by atoms with Crippen molar-refractivity contribution in [2.75, 3.05) is 12.4 Å². The van der Waals surface area contributed by atoms with Crippen LogP contribution in [-0.4, -0.2) is 45.1 Å². The summed E-state index contributed by atoms with van der Waals surface area (Å²) in [5.74, 6) is -0.410. The highest BCUT2D eigenvalue weighted by Gasteiger charge is 2.09. The first kappa shape index (κ1) is 19.3. The highest BCUT2D eigenvalue weighted by atomic mass is 16.5. The molecule has 9 nitrogen and oxygen atoms in total. The Kier molecular flexibility index (Phi) is 6.77. The Hall–Kier alpha value is -4.01. The zero-order valence-electron chi connectivity index (χ0n) is 14.3. The summed E-state index contributed by atoms with van der Waals surface area (Å²) in [6, 6.07) is 10.2. The van der Waals surface area contributed by atoms with Gasteiger partial charge in [0.25, 0.3) is 12.4 Å². The van der Waals surface area contributed by atoms with Crippen molar-refractivity contribution in [1.82, 2.24) is 14.5 Å². The highest BCUT2D eigenvalue weighted by molar-refractivity contribution is 6.04. The smallest absolute Gasteiger partial charge is 0.339 e. The minimum Gasteiger partial charge on any atom is -0.483 e. The van der Waals surface area contributed by atoms with Gasteiger partial charge >= 0.3 is 5.97 Å². The number of carbonyl (C=O) groups excluding carboxylic acids is 2. The second-order valence-corrected chi connectivity index (χ2v) is 5.00. The van der Waals surface area contributed by atoms with E-state index in [2.05, 4.69) is 20.0 Å². The molecule has 0 unspecified atom stereocenters. The Morgan fingerprint density at radius 1 is 1.15 bits per heavy atom. The lowest BCUT2D eigenvalue weighted by Gasteiger charge is -2.07. The van der Waals surface area contributed by atoms with Gasteiger partial charge in [-0.05, 0) is 36.4 Å². The number of pyridine rings is 1. The number of hydrogen-bond acceptors (Lipinski definition) is 6. The summed E-state index contributed by atoms with van der Waals surface area (Å²) in [5, 5.41) is 9.56. The number of hydrogen-bond donors (Lipinski definition) is 2. The SMILES string of the molecule is COC(=O)c1ccc(NC(=O)c2ccc(-n3ccnc3)cc2)nc1.O=CO. The van der Waals surface area contributed by atoms with Gasteiger partial charge in [0.2, 0.25) is 0 Å². The quantitative estimate of drug-likeness (QED) is 0.533. The van der Waals surface area contributed by atoms with Crippen LogP contribution >= 0.6 is 0 Å². The van der Waals surface area contributed by atoms with E-state index in [9.17, 15) is 9.59 Å². The number of anilines is 1. The molecule has 0 fully saturated rings. The fourth-order valence-corrected chi connectivity index (χ4v) is 2.09. The molecule has 1 aromatic carbocycles. The summed E-state index contributed by atoms with van der Waals surface area (Å²) < 4.78 is 6.44. The minimum absolute atomic E-state index is 0.250. The zero-order chi connectivity index (χ0) is 19.6. The Labute approximate surface area is 154 Å². The molecule has 0 atom stereocenters. The maximum Gasteiger partial charge on any atom is 0.339 e. The molecule has 0 saturated heterocycles. The molecule has 0 saturated carbocycles. The molecule has 0 bridgehead atoms. The van der Waals surface area contributed by atoms with Gasteiger partial charge in [0, 0.05) is 29.8 Å². The number of amides is 1. The van der Waals surface area contributed by atoms with Gasteiger partial charge < -0.3 is 19.7 Å². The van der Waals surface area contributed by atoms with Crippen molar-refractivity contribution in [3.63, 3.8) is 0 Å². The molecular weight excluding hydrogens is 352 g/mol. The van der Waals surface area contributed by atoms with E-state index in [4.69, 9.17) is 9.90 Å². The van der Waals surface area contributed by atoms with E-state index in [1.807, 2.05) is 22.9 Å². The molecule has 2 aromatic heterocycles. The standard InChI is InChI=1S/C17H14N4O3.CH2O2/c1-24-17(23)13-4-7-15(19-10-13)20-16(22)12-2-5-14(6-3-12)21-9-8-18-11-21;2-1-3/h2-11H,1H3,(H,19,20,22);1H,(H,2,3). The molecule has 138 valence electrons. The lowest BCUT2D eigenvalue weighted by molar-refractivity contribution is -0.122. The van der Waals surface area contributed by atoms with Gasteiger partial charge in [0.15, 0.2) is 0 Å². The molecule has 2 N–H and O–H groups in total. The average molecular weight is 368 g/mol. The van der Waals surface area contributed by atoms with Crippen molar-refractivity contribution in [1.29, 1.82) is 0 Å². The van der Waals surface area contributed by atoms with E-state index in [0.717, 1.165) is 5.69 Å². The highest BCUT2D eigenvalue weighted by Crippen LogP contribution is 2.12. The third-order valence-electron chi connectivity index (χ3n) is 3.36. The van der Waals surface area contributed by atoms with Crippen LogP contribution in [0.3, 0.4) is 0 Å². The lowest BCUT2D eigenvalue weighted by Crippen LogP contribution is -2.13.